The summed E-state index contributed by atoms with van der Waals surface area (Å²) in [5.41, 5.74) is 3.38. The van der Waals surface area contributed by atoms with Gasteiger partial charge in [0.1, 0.15) is 12.7 Å². The van der Waals surface area contributed by atoms with Crippen LogP contribution in [0, 0.1) is 11.8 Å². The molecule has 6 atom stereocenters. The van der Waals surface area contributed by atoms with E-state index in [0.29, 0.717) is 13.0 Å². The molecule has 3 aromatic carbocycles. The summed E-state index contributed by atoms with van der Waals surface area (Å²) in [5, 5.41) is 13.0. The van der Waals surface area contributed by atoms with Crippen LogP contribution in [0.1, 0.15) is 60.8 Å². The second kappa shape index (κ2) is 10.1. The number of carbonyl (C=O) groups excluding carboxylic acids is 1. The summed E-state index contributed by atoms with van der Waals surface area (Å²) < 4.78 is 13.6. The molecule has 0 radical (unpaired) electrons. The quantitative estimate of drug-likeness (QED) is 0.387. The highest BCUT2D eigenvalue weighted by molar-refractivity contribution is 5.82. The number of nitrogens with zero attached hydrogens (tertiary/aromatic N) is 2. The number of benzene rings is 3. The van der Waals surface area contributed by atoms with Crippen molar-refractivity contribution in [1.82, 2.24) is 9.80 Å². The van der Waals surface area contributed by atoms with Gasteiger partial charge < -0.3 is 19.5 Å². The van der Waals surface area contributed by atoms with Gasteiger partial charge in [-0.25, -0.2) is 0 Å². The van der Waals surface area contributed by atoms with Crippen molar-refractivity contribution in [2.75, 3.05) is 19.6 Å². The Balaban J connectivity index is 1.08. The van der Waals surface area contributed by atoms with Crippen molar-refractivity contribution in [2.45, 2.75) is 87.2 Å². The Kier molecular flexibility index (Phi) is 6.19. The van der Waals surface area contributed by atoms with E-state index in [2.05, 4.69) is 58.3 Å². The molecule has 3 aliphatic carbocycles. The molecule has 4 fully saturated rings. The van der Waals surface area contributed by atoms with Crippen LogP contribution in [0.3, 0.4) is 0 Å². The van der Waals surface area contributed by atoms with E-state index in [4.69, 9.17) is 9.47 Å². The minimum Gasteiger partial charge on any atom is -0.485 e. The van der Waals surface area contributed by atoms with Crippen molar-refractivity contribution >= 4 is 5.91 Å². The molecular weight excluding hydrogens is 548 g/mol. The van der Waals surface area contributed by atoms with Crippen LogP contribution in [0.25, 0.3) is 0 Å². The molecule has 2 bridgehead atoms. The largest absolute Gasteiger partial charge is 0.485 e. The molecule has 228 valence electrons. The first-order valence-corrected chi connectivity index (χ1v) is 16.9. The molecule has 6 heteroatoms. The lowest BCUT2D eigenvalue weighted by Crippen LogP contribution is -2.78. The van der Waals surface area contributed by atoms with Gasteiger partial charge in [-0.1, -0.05) is 66.7 Å². The Morgan fingerprint density at radius 1 is 0.886 bits per heavy atom. The van der Waals surface area contributed by atoms with Gasteiger partial charge in [0.2, 0.25) is 5.91 Å². The third-order valence-electron chi connectivity index (χ3n) is 12.0. The Hall–Kier alpha value is -3.35. The molecule has 6 nitrogen and oxygen atoms in total. The van der Waals surface area contributed by atoms with Gasteiger partial charge in [-0.3, -0.25) is 9.69 Å². The van der Waals surface area contributed by atoms with Crippen molar-refractivity contribution in [1.29, 1.82) is 0 Å². The summed E-state index contributed by atoms with van der Waals surface area (Å²) in [6.07, 6.45) is 7.16. The maximum absolute atomic E-state index is 14.1. The second-order valence-electron chi connectivity index (χ2n) is 14.4. The van der Waals surface area contributed by atoms with Gasteiger partial charge in [-0.15, -0.1) is 0 Å². The van der Waals surface area contributed by atoms with E-state index in [9.17, 15) is 9.90 Å². The smallest absolute Gasteiger partial charge is 0.226 e. The summed E-state index contributed by atoms with van der Waals surface area (Å²) in [4.78, 5) is 18.8. The number of amides is 1. The molecular formula is C38H42N2O4. The van der Waals surface area contributed by atoms with Crippen molar-refractivity contribution in [3.63, 3.8) is 0 Å². The molecule has 44 heavy (non-hydrogen) atoms. The van der Waals surface area contributed by atoms with Crippen LogP contribution in [-0.4, -0.2) is 64.2 Å². The van der Waals surface area contributed by atoms with E-state index in [1.807, 2.05) is 24.3 Å². The van der Waals surface area contributed by atoms with E-state index < -0.39 is 11.0 Å². The lowest BCUT2D eigenvalue weighted by Gasteiger charge is -2.64. The fourth-order valence-corrected chi connectivity index (χ4v) is 9.79. The molecule has 9 rings (SSSR count). The van der Waals surface area contributed by atoms with Gasteiger partial charge in [0.15, 0.2) is 11.5 Å². The maximum Gasteiger partial charge on any atom is 0.226 e. The first-order valence-electron chi connectivity index (χ1n) is 16.9. The topological polar surface area (TPSA) is 62.2 Å². The van der Waals surface area contributed by atoms with E-state index in [0.717, 1.165) is 74.7 Å². The number of hydrogen-bond donors (Lipinski definition) is 1. The summed E-state index contributed by atoms with van der Waals surface area (Å²) in [5.74, 6) is 2.59. The molecule has 3 aromatic rings. The average molecular weight is 591 g/mol. The fourth-order valence-electron chi connectivity index (χ4n) is 9.79. The molecule has 3 heterocycles. The molecule has 2 unspecified atom stereocenters. The van der Waals surface area contributed by atoms with Crippen molar-refractivity contribution in [3.8, 4) is 11.5 Å². The Labute approximate surface area is 260 Å². The van der Waals surface area contributed by atoms with Gasteiger partial charge in [0, 0.05) is 30.6 Å². The van der Waals surface area contributed by atoms with E-state index in [1.54, 1.807) is 0 Å². The molecule has 6 aliphatic rings. The van der Waals surface area contributed by atoms with Crippen LogP contribution in [-0.2, 0) is 29.7 Å². The summed E-state index contributed by atoms with van der Waals surface area (Å²) in [6.45, 7) is 3.27. The maximum atomic E-state index is 14.1. The number of ether oxygens (including phenoxy) is 2. The van der Waals surface area contributed by atoms with Gasteiger partial charge in [-0.2, -0.15) is 0 Å². The Morgan fingerprint density at radius 2 is 1.66 bits per heavy atom. The van der Waals surface area contributed by atoms with E-state index >= 15 is 0 Å². The number of piperidine rings is 1. The minimum absolute atomic E-state index is 0.000639. The highest BCUT2D eigenvalue weighted by Gasteiger charge is 2.73. The molecule has 2 saturated heterocycles. The van der Waals surface area contributed by atoms with Gasteiger partial charge in [0.25, 0.3) is 0 Å². The zero-order valence-corrected chi connectivity index (χ0v) is 25.4. The Morgan fingerprint density at radius 3 is 2.43 bits per heavy atom. The van der Waals surface area contributed by atoms with Crippen LogP contribution in [0.4, 0.5) is 0 Å². The van der Waals surface area contributed by atoms with Crippen LogP contribution in [0.5, 0.6) is 11.5 Å². The second-order valence-corrected chi connectivity index (χ2v) is 14.4. The van der Waals surface area contributed by atoms with Crippen LogP contribution in [0.15, 0.2) is 72.8 Å². The summed E-state index contributed by atoms with van der Waals surface area (Å²) in [6, 6.07) is 25.0. The molecule has 3 aliphatic heterocycles. The summed E-state index contributed by atoms with van der Waals surface area (Å²) in [7, 11) is 0. The lowest BCUT2D eigenvalue weighted by molar-refractivity contribution is -0.200. The molecule has 1 N–H and O–H groups in total. The van der Waals surface area contributed by atoms with E-state index in [1.165, 1.54) is 29.5 Å². The minimum atomic E-state index is -0.885. The predicted octanol–water partition coefficient (Wildman–Crippen LogP) is 5.29. The third-order valence-corrected chi connectivity index (χ3v) is 12.0. The van der Waals surface area contributed by atoms with Crippen molar-refractivity contribution in [2.24, 2.45) is 11.8 Å². The number of aliphatic hydroxyl groups is 1. The molecule has 1 spiro atoms. The standard InChI is InChI=1S/C38H42N2O4/c41-36-29(21-25-7-3-1-4-8-25)16-19-40(36)30-15-17-38(42)32-22-28-13-14-31(43-24-27-9-5-2-6-10-27)34-33(28)37(38,35(30)44-34)18-20-39(32)23-26-11-12-26/h1-10,13-14,26,29-30,32,35,42H,11-12,15-24H2/t29?,30-,32-,35+,37+,38?/m1/s1. The van der Waals surface area contributed by atoms with Crippen molar-refractivity contribution < 1.29 is 19.4 Å². The Bertz CT molecular complexity index is 1570. The number of likely N-dealkylation sites (tertiary alicyclic amines) is 2. The molecule has 0 aromatic heterocycles. The fraction of sp³-hybridized carbons (Fsp3) is 0.500. The van der Waals surface area contributed by atoms with Crippen LogP contribution in [0.2, 0.25) is 0 Å². The highest BCUT2D eigenvalue weighted by atomic mass is 16.5. The van der Waals surface area contributed by atoms with Gasteiger partial charge in [0.05, 0.1) is 17.1 Å². The molecule has 2 saturated carbocycles. The number of rotatable bonds is 8. The zero-order valence-electron chi connectivity index (χ0n) is 25.4. The lowest BCUT2D eigenvalue weighted by atomic mass is 9.48. The van der Waals surface area contributed by atoms with Gasteiger partial charge in [-0.05, 0) is 86.6 Å². The highest BCUT2D eigenvalue weighted by Crippen LogP contribution is 2.66. The third kappa shape index (κ3) is 3.96. The van der Waals surface area contributed by atoms with E-state index in [-0.39, 0.29) is 30.0 Å². The number of hydrogen-bond acceptors (Lipinski definition) is 5. The van der Waals surface area contributed by atoms with Gasteiger partial charge >= 0.3 is 0 Å². The average Bonchev–Trinajstić information content (AvgIpc) is 3.70. The monoisotopic (exact) mass is 590 g/mol. The summed E-state index contributed by atoms with van der Waals surface area (Å²) >= 11 is 0. The zero-order chi connectivity index (χ0) is 29.5. The van der Waals surface area contributed by atoms with Crippen LogP contribution >= 0.6 is 0 Å². The normalized spacial score (nSPS) is 33.7. The molecule has 1 amide bonds. The first kappa shape index (κ1) is 27.0. The van der Waals surface area contributed by atoms with Crippen molar-refractivity contribution in [3.05, 3.63) is 95.1 Å². The predicted molar refractivity (Wildman–Crippen MR) is 168 cm³/mol. The SMILES string of the molecule is O=C1C(Cc2ccccc2)CCN1[C@@H]1CCC2(O)[C@H]3Cc4ccc(OCc5ccccc5)c5c4[C@@]2(CCN3CC2CC2)[C@H]1O5. The number of carbonyl (C=O) groups is 1. The van der Waals surface area contributed by atoms with Crippen LogP contribution < -0.4 is 9.47 Å². The first-order chi connectivity index (χ1) is 21.5.